The van der Waals surface area contributed by atoms with Crippen LogP contribution in [0.1, 0.15) is 25.5 Å². The minimum atomic E-state index is -0.940. The molecule has 7 nitrogen and oxygen atoms in total. The molecule has 0 aliphatic rings. The maximum absolute atomic E-state index is 11.9. The van der Waals surface area contributed by atoms with E-state index in [4.69, 9.17) is 11.5 Å². The molecular weight excluding hydrogens is 320 g/mol. The number of carbonyl (C=O) groups excluding carboxylic acids is 3. The Morgan fingerprint density at radius 2 is 1.70 bits per heavy atom. The maximum atomic E-state index is 11.9. The van der Waals surface area contributed by atoms with Crippen LogP contribution in [-0.4, -0.2) is 30.3 Å². The quantitative estimate of drug-likeness (QED) is 0.549. The number of benzene rings is 1. The standard InChI is InChI=1S/C15H22N4O3.ClH/c1-9(2)12(16)15(22)18-8-11(20)19-13(14(17)21)10-6-4-3-5-7-10;/h3-7,9,12-13H,8,16H2,1-2H3,(H2,17,21)(H,18,22)(H,19,20);1H/t12-,13?;/m0./s1. The molecule has 0 heterocycles. The van der Waals surface area contributed by atoms with Crippen LogP contribution in [0.2, 0.25) is 0 Å². The van der Waals surface area contributed by atoms with Crippen LogP contribution in [0.25, 0.3) is 0 Å². The summed E-state index contributed by atoms with van der Waals surface area (Å²) in [6.07, 6.45) is 0. The first-order valence-corrected chi connectivity index (χ1v) is 6.99. The Hall–Kier alpha value is -2.12. The van der Waals surface area contributed by atoms with E-state index in [2.05, 4.69) is 10.6 Å². The second kappa shape index (κ2) is 9.81. The monoisotopic (exact) mass is 342 g/mol. The number of nitrogens with two attached hydrogens (primary N) is 2. The number of primary amides is 1. The van der Waals surface area contributed by atoms with Crippen molar-refractivity contribution in [1.29, 1.82) is 0 Å². The van der Waals surface area contributed by atoms with Crippen LogP contribution in [0, 0.1) is 5.92 Å². The van der Waals surface area contributed by atoms with Crippen LogP contribution in [-0.2, 0) is 14.4 Å². The molecule has 1 unspecified atom stereocenters. The molecule has 128 valence electrons. The van der Waals surface area contributed by atoms with Gasteiger partial charge in [0.1, 0.15) is 6.04 Å². The third kappa shape index (κ3) is 6.66. The summed E-state index contributed by atoms with van der Waals surface area (Å²) in [5.74, 6) is -1.65. The SMILES string of the molecule is CC(C)[C@H](N)C(=O)NCC(=O)NC(C(N)=O)c1ccccc1.Cl. The number of hydrogen-bond donors (Lipinski definition) is 4. The minimum absolute atomic E-state index is 0. The van der Waals surface area contributed by atoms with Crippen molar-refractivity contribution in [3.63, 3.8) is 0 Å². The van der Waals surface area contributed by atoms with Crippen LogP contribution in [0.5, 0.6) is 0 Å². The van der Waals surface area contributed by atoms with Gasteiger partial charge in [0.15, 0.2) is 0 Å². The Morgan fingerprint density at radius 3 is 2.17 bits per heavy atom. The molecule has 0 aromatic heterocycles. The zero-order chi connectivity index (χ0) is 16.7. The molecule has 0 aliphatic heterocycles. The van der Waals surface area contributed by atoms with E-state index < -0.39 is 29.8 Å². The summed E-state index contributed by atoms with van der Waals surface area (Å²) in [5, 5.41) is 4.92. The van der Waals surface area contributed by atoms with Crippen LogP contribution in [0.3, 0.4) is 0 Å². The molecule has 0 spiro atoms. The first kappa shape index (κ1) is 20.9. The molecule has 0 saturated heterocycles. The van der Waals surface area contributed by atoms with Gasteiger partial charge in [0.25, 0.3) is 0 Å². The molecule has 0 fully saturated rings. The lowest BCUT2D eigenvalue weighted by atomic mass is 10.1. The first-order chi connectivity index (χ1) is 10.3. The van der Waals surface area contributed by atoms with E-state index in [-0.39, 0.29) is 24.9 Å². The van der Waals surface area contributed by atoms with Gasteiger partial charge in [-0.05, 0) is 11.5 Å². The molecule has 0 bridgehead atoms. The van der Waals surface area contributed by atoms with Gasteiger partial charge in [-0.3, -0.25) is 14.4 Å². The molecule has 3 amide bonds. The van der Waals surface area contributed by atoms with Gasteiger partial charge in [0, 0.05) is 0 Å². The Morgan fingerprint density at radius 1 is 1.13 bits per heavy atom. The van der Waals surface area contributed by atoms with Crippen LogP contribution >= 0.6 is 12.4 Å². The van der Waals surface area contributed by atoms with E-state index in [0.717, 1.165) is 0 Å². The van der Waals surface area contributed by atoms with Gasteiger partial charge in [-0.25, -0.2) is 0 Å². The Kier molecular flexibility index (Phi) is 8.90. The molecule has 0 aliphatic carbocycles. The number of halogens is 1. The molecular formula is C15H23ClN4O3. The van der Waals surface area contributed by atoms with Gasteiger partial charge < -0.3 is 22.1 Å². The highest BCUT2D eigenvalue weighted by Gasteiger charge is 2.21. The average molecular weight is 343 g/mol. The average Bonchev–Trinajstić information content (AvgIpc) is 2.49. The van der Waals surface area contributed by atoms with Crippen molar-refractivity contribution >= 4 is 30.1 Å². The van der Waals surface area contributed by atoms with Gasteiger partial charge in [-0.15, -0.1) is 12.4 Å². The lowest BCUT2D eigenvalue weighted by molar-refractivity contribution is -0.129. The van der Waals surface area contributed by atoms with Crippen molar-refractivity contribution in [2.75, 3.05) is 6.54 Å². The number of rotatable bonds is 7. The third-order valence-electron chi connectivity index (χ3n) is 3.17. The normalized spacial score (nSPS) is 12.7. The number of carbonyl (C=O) groups is 3. The lowest BCUT2D eigenvalue weighted by Crippen LogP contribution is -2.48. The van der Waals surface area contributed by atoms with Crippen molar-refractivity contribution in [1.82, 2.24) is 10.6 Å². The Labute approximate surface area is 141 Å². The van der Waals surface area contributed by atoms with Crippen molar-refractivity contribution in [2.45, 2.75) is 25.9 Å². The summed E-state index contributed by atoms with van der Waals surface area (Å²) >= 11 is 0. The zero-order valence-electron chi connectivity index (χ0n) is 13.1. The zero-order valence-corrected chi connectivity index (χ0v) is 13.9. The van der Waals surface area contributed by atoms with E-state index in [1.807, 2.05) is 13.8 Å². The topological polar surface area (TPSA) is 127 Å². The summed E-state index contributed by atoms with van der Waals surface area (Å²) in [7, 11) is 0. The van der Waals surface area contributed by atoms with E-state index in [9.17, 15) is 14.4 Å². The minimum Gasteiger partial charge on any atom is -0.368 e. The summed E-state index contributed by atoms with van der Waals surface area (Å²) in [4.78, 5) is 35.0. The van der Waals surface area contributed by atoms with Gasteiger partial charge >= 0.3 is 0 Å². The summed E-state index contributed by atoms with van der Waals surface area (Å²) < 4.78 is 0. The number of nitrogens with one attached hydrogen (secondary N) is 2. The number of hydrogen-bond acceptors (Lipinski definition) is 4. The Bertz CT molecular complexity index is 537. The van der Waals surface area contributed by atoms with Gasteiger partial charge in [0.05, 0.1) is 12.6 Å². The second-order valence-electron chi connectivity index (χ2n) is 5.30. The molecule has 23 heavy (non-hydrogen) atoms. The Balaban J connectivity index is 0.00000484. The van der Waals surface area contributed by atoms with E-state index in [0.29, 0.717) is 5.56 Å². The van der Waals surface area contributed by atoms with E-state index in [1.165, 1.54) is 0 Å². The highest BCUT2D eigenvalue weighted by Crippen LogP contribution is 2.11. The van der Waals surface area contributed by atoms with E-state index in [1.54, 1.807) is 30.3 Å². The highest BCUT2D eigenvalue weighted by atomic mass is 35.5. The highest BCUT2D eigenvalue weighted by molar-refractivity contribution is 5.91. The third-order valence-corrected chi connectivity index (χ3v) is 3.17. The smallest absolute Gasteiger partial charge is 0.244 e. The summed E-state index contributed by atoms with van der Waals surface area (Å²) in [5.41, 5.74) is 11.5. The molecule has 6 N–H and O–H groups in total. The predicted molar refractivity (Wildman–Crippen MR) is 89.6 cm³/mol. The molecule has 0 radical (unpaired) electrons. The van der Waals surface area contributed by atoms with Crippen LogP contribution in [0.4, 0.5) is 0 Å². The van der Waals surface area contributed by atoms with Crippen molar-refractivity contribution in [3.05, 3.63) is 35.9 Å². The predicted octanol–water partition coefficient (Wildman–Crippen LogP) is -0.149. The maximum Gasteiger partial charge on any atom is 0.244 e. The molecule has 0 saturated carbocycles. The van der Waals surface area contributed by atoms with Crippen LogP contribution < -0.4 is 22.1 Å². The van der Waals surface area contributed by atoms with Gasteiger partial charge in [-0.2, -0.15) is 0 Å². The molecule has 1 aromatic rings. The summed E-state index contributed by atoms with van der Waals surface area (Å²) in [6.45, 7) is 3.35. The molecule has 1 rings (SSSR count). The number of amides is 3. The fourth-order valence-corrected chi connectivity index (χ4v) is 1.76. The molecule has 2 atom stereocenters. The molecule has 8 heteroatoms. The van der Waals surface area contributed by atoms with Gasteiger partial charge in [0.2, 0.25) is 17.7 Å². The van der Waals surface area contributed by atoms with Gasteiger partial charge in [-0.1, -0.05) is 44.2 Å². The fraction of sp³-hybridized carbons (Fsp3) is 0.400. The summed E-state index contributed by atoms with van der Waals surface area (Å²) in [6, 6.07) is 7.00. The van der Waals surface area contributed by atoms with Crippen molar-refractivity contribution < 1.29 is 14.4 Å². The second-order valence-corrected chi connectivity index (χ2v) is 5.30. The fourth-order valence-electron chi connectivity index (χ4n) is 1.76. The first-order valence-electron chi connectivity index (χ1n) is 6.99. The van der Waals surface area contributed by atoms with E-state index >= 15 is 0 Å². The molecule has 1 aromatic carbocycles. The van der Waals surface area contributed by atoms with Crippen molar-refractivity contribution in [3.8, 4) is 0 Å². The largest absolute Gasteiger partial charge is 0.368 e. The van der Waals surface area contributed by atoms with Crippen LogP contribution in [0.15, 0.2) is 30.3 Å². The lowest BCUT2D eigenvalue weighted by Gasteiger charge is -2.18. The van der Waals surface area contributed by atoms with Crippen molar-refractivity contribution in [2.24, 2.45) is 17.4 Å².